The van der Waals surface area contributed by atoms with Crippen molar-refractivity contribution in [1.29, 1.82) is 0 Å². The first-order valence-corrected chi connectivity index (χ1v) is 9.79. The monoisotopic (exact) mass is 363 g/mol. The molecule has 0 atom stereocenters. The maximum Gasteiger partial charge on any atom is 0.180 e. The molecule has 0 fully saturated rings. The number of carbonyl (C=O) groups is 2. The Morgan fingerprint density at radius 1 is 0.630 bits per heavy atom. The molecule has 27 heavy (non-hydrogen) atoms. The van der Waals surface area contributed by atoms with Crippen molar-refractivity contribution in [3.63, 3.8) is 0 Å². The first kappa shape index (κ1) is 22.2. The van der Waals surface area contributed by atoms with Crippen LogP contribution in [0, 0.1) is 0 Å². The number of nitrogens with zero attached hydrogens (tertiary/aromatic N) is 1. The largest absolute Gasteiger partial charge is 0.293 e. The van der Waals surface area contributed by atoms with Gasteiger partial charge in [-0.2, -0.15) is 0 Å². The Morgan fingerprint density at radius 3 is 1.67 bits per heavy atom. The summed E-state index contributed by atoms with van der Waals surface area (Å²) >= 11 is 0. The first-order chi connectivity index (χ1) is 13.3. The summed E-state index contributed by atoms with van der Waals surface area (Å²) < 4.78 is 0. The molecule has 2 aromatic carbocycles. The highest BCUT2D eigenvalue weighted by molar-refractivity contribution is 6.29. The Morgan fingerprint density at radius 2 is 1.11 bits per heavy atom. The minimum atomic E-state index is -0.799. The van der Waals surface area contributed by atoms with E-state index in [-0.39, 0.29) is 11.6 Å². The standard InChI is InChI=1S/C18H11NO2.3C2H6/c20-17-12-6-2-3-7-13(12)18(21)16(17)15-10-9-11-5-1-4-8-14(11)19-15;3*1-2/h1-10,16H;3*1-2H3. The van der Waals surface area contributed by atoms with Crippen molar-refractivity contribution < 1.29 is 9.59 Å². The topological polar surface area (TPSA) is 47.0 Å². The summed E-state index contributed by atoms with van der Waals surface area (Å²) in [6, 6.07) is 18.3. The zero-order chi connectivity index (χ0) is 20.4. The molecule has 0 aliphatic heterocycles. The molecule has 3 nitrogen and oxygen atoms in total. The highest BCUT2D eigenvalue weighted by atomic mass is 16.2. The van der Waals surface area contributed by atoms with Gasteiger partial charge in [-0.15, -0.1) is 0 Å². The Labute approximate surface area is 162 Å². The number of fused-ring (bicyclic) bond motifs is 2. The molecule has 0 radical (unpaired) electrons. The minimum Gasteiger partial charge on any atom is -0.293 e. The van der Waals surface area contributed by atoms with E-state index in [1.807, 2.05) is 71.9 Å². The van der Waals surface area contributed by atoms with E-state index in [2.05, 4.69) is 4.98 Å². The van der Waals surface area contributed by atoms with Gasteiger partial charge in [-0.1, -0.05) is 90.1 Å². The fourth-order valence-electron chi connectivity index (χ4n) is 2.85. The number of rotatable bonds is 1. The molecule has 0 N–H and O–H groups in total. The normalized spacial score (nSPS) is 12.1. The maximum absolute atomic E-state index is 12.5. The number of hydrogen-bond donors (Lipinski definition) is 0. The Hall–Kier alpha value is -2.81. The molecule has 0 unspecified atom stereocenters. The number of para-hydroxylation sites is 1. The van der Waals surface area contributed by atoms with Gasteiger partial charge in [0.2, 0.25) is 0 Å². The molecule has 1 aliphatic carbocycles. The molecule has 0 saturated carbocycles. The van der Waals surface area contributed by atoms with Gasteiger partial charge in [0.15, 0.2) is 11.6 Å². The average molecular weight is 364 g/mol. The summed E-state index contributed by atoms with van der Waals surface area (Å²) in [5.74, 6) is -1.11. The smallest absolute Gasteiger partial charge is 0.180 e. The fourth-order valence-corrected chi connectivity index (χ4v) is 2.85. The quantitative estimate of drug-likeness (QED) is 0.465. The molecular formula is C24H29NO2. The van der Waals surface area contributed by atoms with Crippen molar-refractivity contribution in [2.75, 3.05) is 0 Å². The second-order valence-corrected chi connectivity index (χ2v) is 5.14. The number of Topliss-reactive ketones (excluding diaryl/α,β-unsaturated/α-hetero) is 2. The molecule has 4 rings (SSSR count). The number of hydrogen-bond acceptors (Lipinski definition) is 3. The van der Waals surface area contributed by atoms with Gasteiger partial charge in [-0.05, 0) is 12.1 Å². The number of carbonyl (C=O) groups excluding carboxylic acids is 2. The van der Waals surface area contributed by atoms with Gasteiger partial charge in [-0.25, -0.2) is 0 Å². The van der Waals surface area contributed by atoms with Crippen LogP contribution in [0.4, 0.5) is 0 Å². The summed E-state index contributed by atoms with van der Waals surface area (Å²) in [5.41, 5.74) is 2.33. The Balaban J connectivity index is 0.000000556. The lowest BCUT2D eigenvalue weighted by Gasteiger charge is -2.07. The highest BCUT2D eigenvalue weighted by Crippen LogP contribution is 2.33. The molecule has 1 heterocycles. The predicted octanol–water partition coefficient (Wildman–Crippen LogP) is 6.48. The van der Waals surface area contributed by atoms with E-state index in [1.165, 1.54) is 0 Å². The summed E-state index contributed by atoms with van der Waals surface area (Å²) in [5, 5.41) is 0.997. The summed E-state index contributed by atoms with van der Waals surface area (Å²) in [7, 11) is 0. The van der Waals surface area contributed by atoms with Gasteiger partial charge in [-0.3, -0.25) is 14.6 Å². The van der Waals surface area contributed by atoms with Crippen LogP contribution in [-0.4, -0.2) is 16.6 Å². The zero-order valence-corrected chi connectivity index (χ0v) is 17.1. The molecule has 3 heteroatoms. The molecular weight excluding hydrogens is 334 g/mol. The SMILES string of the molecule is CC.CC.CC.O=C1c2ccccc2C(=O)C1c1ccc2ccccc2n1. The summed E-state index contributed by atoms with van der Waals surface area (Å²) in [4.78, 5) is 29.5. The van der Waals surface area contributed by atoms with Crippen molar-refractivity contribution >= 4 is 22.5 Å². The average Bonchev–Trinajstić information content (AvgIpc) is 3.02. The van der Waals surface area contributed by atoms with Gasteiger partial charge < -0.3 is 0 Å². The lowest BCUT2D eigenvalue weighted by Crippen LogP contribution is -2.14. The Kier molecular flexibility index (Phi) is 9.07. The van der Waals surface area contributed by atoms with Gasteiger partial charge in [0.25, 0.3) is 0 Å². The summed E-state index contributed by atoms with van der Waals surface area (Å²) in [6.07, 6.45) is 0. The molecule has 0 bridgehead atoms. The van der Waals surface area contributed by atoms with Crippen LogP contribution in [0.3, 0.4) is 0 Å². The van der Waals surface area contributed by atoms with Crippen LogP contribution in [0.5, 0.6) is 0 Å². The lowest BCUT2D eigenvalue weighted by molar-refractivity contribution is 0.0888. The zero-order valence-electron chi connectivity index (χ0n) is 17.1. The highest BCUT2D eigenvalue weighted by Gasteiger charge is 2.40. The first-order valence-electron chi connectivity index (χ1n) is 9.79. The number of aromatic nitrogens is 1. The van der Waals surface area contributed by atoms with E-state index >= 15 is 0 Å². The third kappa shape index (κ3) is 4.48. The second-order valence-electron chi connectivity index (χ2n) is 5.14. The maximum atomic E-state index is 12.5. The van der Waals surface area contributed by atoms with E-state index in [1.54, 1.807) is 30.3 Å². The van der Waals surface area contributed by atoms with Crippen molar-refractivity contribution in [2.45, 2.75) is 47.5 Å². The van der Waals surface area contributed by atoms with Gasteiger partial charge in [0.1, 0.15) is 5.92 Å². The van der Waals surface area contributed by atoms with E-state index in [4.69, 9.17) is 0 Å². The van der Waals surface area contributed by atoms with Crippen LogP contribution < -0.4 is 0 Å². The van der Waals surface area contributed by atoms with Crippen LogP contribution in [-0.2, 0) is 0 Å². The third-order valence-electron chi connectivity index (χ3n) is 3.90. The van der Waals surface area contributed by atoms with Gasteiger partial charge in [0, 0.05) is 16.5 Å². The Bertz CT molecular complexity index is 865. The van der Waals surface area contributed by atoms with Crippen LogP contribution in [0.1, 0.15) is 73.9 Å². The molecule has 142 valence electrons. The summed E-state index contributed by atoms with van der Waals surface area (Å²) in [6.45, 7) is 12.0. The van der Waals surface area contributed by atoms with Crippen molar-refractivity contribution in [3.05, 3.63) is 77.5 Å². The van der Waals surface area contributed by atoms with Gasteiger partial charge >= 0.3 is 0 Å². The van der Waals surface area contributed by atoms with E-state index in [0.29, 0.717) is 16.8 Å². The molecule has 3 aromatic rings. The molecule has 1 aromatic heterocycles. The van der Waals surface area contributed by atoms with Crippen LogP contribution in [0.2, 0.25) is 0 Å². The van der Waals surface area contributed by atoms with Crippen molar-refractivity contribution in [2.24, 2.45) is 0 Å². The van der Waals surface area contributed by atoms with Crippen molar-refractivity contribution in [3.8, 4) is 0 Å². The van der Waals surface area contributed by atoms with E-state index < -0.39 is 5.92 Å². The fraction of sp³-hybridized carbons (Fsp3) is 0.292. The molecule has 1 aliphatic rings. The number of pyridine rings is 1. The minimum absolute atomic E-state index is 0.154. The lowest BCUT2D eigenvalue weighted by atomic mass is 9.98. The van der Waals surface area contributed by atoms with Crippen LogP contribution in [0.15, 0.2) is 60.7 Å². The second kappa shape index (κ2) is 11.0. The molecule has 0 saturated heterocycles. The van der Waals surface area contributed by atoms with Gasteiger partial charge in [0.05, 0.1) is 11.2 Å². The number of benzene rings is 2. The molecule has 0 spiro atoms. The third-order valence-corrected chi connectivity index (χ3v) is 3.90. The molecule has 0 amide bonds. The number of ketones is 2. The van der Waals surface area contributed by atoms with Crippen LogP contribution >= 0.6 is 0 Å². The van der Waals surface area contributed by atoms with E-state index in [9.17, 15) is 9.59 Å². The van der Waals surface area contributed by atoms with Crippen LogP contribution in [0.25, 0.3) is 10.9 Å². The van der Waals surface area contributed by atoms with Crippen molar-refractivity contribution in [1.82, 2.24) is 4.98 Å². The predicted molar refractivity (Wildman–Crippen MR) is 114 cm³/mol. The van der Waals surface area contributed by atoms with E-state index in [0.717, 1.165) is 10.9 Å².